The Balaban J connectivity index is 2.30. The van der Waals surface area contributed by atoms with Crippen molar-refractivity contribution < 1.29 is 14.7 Å². The molecule has 0 aliphatic rings. The maximum atomic E-state index is 11.4. The normalized spacial score (nSPS) is 11.8. The van der Waals surface area contributed by atoms with Gasteiger partial charge in [-0.25, -0.2) is 4.79 Å². The van der Waals surface area contributed by atoms with E-state index in [9.17, 15) is 9.59 Å². The number of benzene rings is 1. The fraction of sp³-hybridized carbons (Fsp3) is 0.385. The van der Waals surface area contributed by atoms with Gasteiger partial charge in [-0.3, -0.25) is 4.79 Å². The molecule has 0 radical (unpaired) electrons. The van der Waals surface area contributed by atoms with E-state index in [1.165, 1.54) is 6.92 Å². The number of carbonyl (C=O) groups excluding carboxylic acids is 1. The first kappa shape index (κ1) is 16.6. The zero-order valence-electron chi connectivity index (χ0n) is 11.0. The monoisotopic (exact) mass is 318 g/mol. The summed E-state index contributed by atoms with van der Waals surface area (Å²) < 4.78 is 0. The van der Waals surface area contributed by atoms with Crippen LogP contribution in [-0.4, -0.2) is 30.2 Å². The number of carboxylic acid groups (broad SMARTS) is 1. The molecule has 1 rings (SSSR count). The van der Waals surface area contributed by atoms with Crippen LogP contribution in [0.4, 0.5) is 4.79 Å². The van der Waals surface area contributed by atoms with Gasteiger partial charge < -0.3 is 15.7 Å². The van der Waals surface area contributed by atoms with E-state index in [-0.39, 0.29) is 6.54 Å². The number of hydrogen-bond acceptors (Lipinski definition) is 2. The molecule has 2 amide bonds. The summed E-state index contributed by atoms with van der Waals surface area (Å²) in [7, 11) is 0. The van der Waals surface area contributed by atoms with Crippen LogP contribution < -0.4 is 10.6 Å². The molecule has 1 aromatic rings. The molecule has 0 heterocycles. The molecule has 20 heavy (non-hydrogen) atoms. The van der Waals surface area contributed by atoms with E-state index in [4.69, 9.17) is 28.3 Å². The summed E-state index contributed by atoms with van der Waals surface area (Å²) in [6.07, 6.45) is 0.567. The minimum atomic E-state index is -0.946. The van der Waals surface area contributed by atoms with Gasteiger partial charge in [0.25, 0.3) is 0 Å². The van der Waals surface area contributed by atoms with Crippen LogP contribution in [0.15, 0.2) is 18.2 Å². The Labute approximate surface area is 127 Å². The molecule has 7 heteroatoms. The van der Waals surface area contributed by atoms with Crippen LogP contribution in [0.3, 0.4) is 0 Å². The van der Waals surface area contributed by atoms with Crippen LogP contribution >= 0.6 is 23.2 Å². The standard InChI is InChI=1S/C13H16Cl2N2O3/c1-8(12(18)19)7-17-13(20)16-5-4-9-2-3-10(14)6-11(9)15/h2-3,6,8H,4-5,7H2,1H3,(H,18,19)(H2,16,17,20). The highest BCUT2D eigenvalue weighted by molar-refractivity contribution is 6.35. The van der Waals surface area contributed by atoms with E-state index in [0.29, 0.717) is 23.0 Å². The largest absolute Gasteiger partial charge is 0.481 e. The van der Waals surface area contributed by atoms with Crippen molar-refractivity contribution in [2.75, 3.05) is 13.1 Å². The number of aliphatic carboxylic acids is 1. The van der Waals surface area contributed by atoms with Gasteiger partial charge in [0, 0.05) is 23.1 Å². The summed E-state index contributed by atoms with van der Waals surface area (Å²) in [6.45, 7) is 2.01. The highest BCUT2D eigenvalue weighted by Crippen LogP contribution is 2.20. The van der Waals surface area contributed by atoms with E-state index in [2.05, 4.69) is 10.6 Å². The number of halogens is 2. The van der Waals surface area contributed by atoms with E-state index < -0.39 is 17.9 Å². The third-order valence-electron chi connectivity index (χ3n) is 2.69. The van der Waals surface area contributed by atoms with Gasteiger partial charge in [-0.1, -0.05) is 36.2 Å². The van der Waals surface area contributed by atoms with E-state index in [1.54, 1.807) is 18.2 Å². The lowest BCUT2D eigenvalue weighted by molar-refractivity contribution is -0.140. The average Bonchev–Trinajstić information content (AvgIpc) is 2.38. The Kier molecular flexibility index (Phi) is 6.61. The molecule has 110 valence electrons. The Hall–Kier alpha value is -1.46. The van der Waals surface area contributed by atoms with Crippen molar-refractivity contribution in [1.29, 1.82) is 0 Å². The van der Waals surface area contributed by atoms with Crippen LogP contribution in [0.1, 0.15) is 12.5 Å². The first-order valence-electron chi connectivity index (χ1n) is 6.08. The molecule has 3 N–H and O–H groups in total. The molecule has 0 saturated carbocycles. The molecule has 0 aromatic heterocycles. The molecule has 1 aromatic carbocycles. The smallest absolute Gasteiger partial charge is 0.314 e. The quantitative estimate of drug-likeness (QED) is 0.754. The maximum Gasteiger partial charge on any atom is 0.314 e. The van der Waals surface area contributed by atoms with Crippen molar-refractivity contribution >= 4 is 35.2 Å². The molecule has 0 fully saturated rings. The van der Waals surface area contributed by atoms with Crippen LogP contribution in [0.25, 0.3) is 0 Å². The Morgan fingerprint density at radius 1 is 1.30 bits per heavy atom. The minimum absolute atomic E-state index is 0.0862. The summed E-state index contributed by atoms with van der Waals surface area (Å²) in [5.74, 6) is -1.57. The molecule has 0 aliphatic carbocycles. The van der Waals surface area contributed by atoms with Gasteiger partial charge in [0.2, 0.25) is 0 Å². The predicted octanol–water partition coefficient (Wildman–Crippen LogP) is 2.56. The highest BCUT2D eigenvalue weighted by atomic mass is 35.5. The lowest BCUT2D eigenvalue weighted by Crippen LogP contribution is -2.40. The number of urea groups is 1. The second-order valence-corrected chi connectivity index (χ2v) is 5.21. The lowest BCUT2D eigenvalue weighted by Gasteiger charge is -2.10. The summed E-state index contributed by atoms with van der Waals surface area (Å²) in [4.78, 5) is 22.0. The molecule has 5 nitrogen and oxygen atoms in total. The van der Waals surface area contributed by atoms with Gasteiger partial charge >= 0.3 is 12.0 Å². The lowest BCUT2D eigenvalue weighted by atomic mass is 10.1. The zero-order valence-corrected chi connectivity index (χ0v) is 12.5. The fourth-order valence-electron chi connectivity index (χ4n) is 1.43. The van der Waals surface area contributed by atoms with E-state index in [1.807, 2.05) is 0 Å². The van der Waals surface area contributed by atoms with Crippen molar-refractivity contribution in [3.63, 3.8) is 0 Å². The van der Waals surface area contributed by atoms with Gasteiger partial charge in [0.15, 0.2) is 0 Å². The molecular formula is C13H16Cl2N2O3. The molecule has 1 atom stereocenters. The number of hydrogen-bond donors (Lipinski definition) is 3. The molecular weight excluding hydrogens is 303 g/mol. The Morgan fingerprint density at radius 3 is 2.60 bits per heavy atom. The van der Waals surface area contributed by atoms with E-state index >= 15 is 0 Å². The first-order valence-corrected chi connectivity index (χ1v) is 6.84. The third-order valence-corrected chi connectivity index (χ3v) is 3.27. The number of amides is 2. The SMILES string of the molecule is CC(CNC(=O)NCCc1ccc(Cl)cc1Cl)C(=O)O. The summed E-state index contributed by atoms with van der Waals surface area (Å²) in [6, 6.07) is 4.78. The molecule has 1 unspecified atom stereocenters. The van der Waals surface area contributed by atoms with Gasteiger partial charge in [0.05, 0.1) is 5.92 Å². The second-order valence-electron chi connectivity index (χ2n) is 4.36. The van der Waals surface area contributed by atoms with Crippen LogP contribution in [-0.2, 0) is 11.2 Å². The summed E-state index contributed by atoms with van der Waals surface area (Å²) >= 11 is 11.8. The van der Waals surface area contributed by atoms with Gasteiger partial charge in [-0.15, -0.1) is 0 Å². The number of carboxylic acids is 1. The van der Waals surface area contributed by atoms with Gasteiger partial charge in [-0.05, 0) is 24.1 Å². The topological polar surface area (TPSA) is 78.4 Å². The third kappa shape index (κ3) is 5.67. The average molecular weight is 319 g/mol. The van der Waals surface area contributed by atoms with Crippen LogP contribution in [0, 0.1) is 5.92 Å². The first-order chi connectivity index (χ1) is 9.40. The fourth-order valence-corrected chi connectivity index (χ4v) is 1.93. The highest BCUT2D eigenvalue weighted by Gasteiger charge is 2.11. The van der Waals surface area contributed by atoms with Crippen LogP contribution in [0.2, 0.25) is 10.0 Å². The van der Waals surface area contributed by atoms with Crippen molar-refractivity contribution in [2.24, 2.45) is 5.92 Å². The summed E-state index contributed by atoms with van der Waals surface area (Å²) in [5.41, 5.74) is 0.885. The maximum absolute atomic E-state index is 11.4. The number of rotatable bonds is 6. The Morgan fingerprint density at radius 2 is 2.00 bits per heavy atom. The minimum Gasteiger partial charge on any atom is -0.481 e. The number of carbonyl (C=O) groups is 2. The van der Waals surface area contributed by atoms with Crippen molar-refractivity contribution in [1.82, 2.24) is 10.6 Å². The van der Waals surface area contributed by atoms with Crippen molar-refractivity contribution in [3.8, 4) is 0 Å². The van der Waals surface area contributed by atoms with Crippen LogP contribution in [0.5, 0.6) is 0 Å². The van der Waals surface area contributed by atoms with Gasteiger partial charge in [-0.2, -0.15) is 0 Å². The second kappa shape index (κ2) is 7.97. The zero-order chi connectivity index (χ0) is 15.1. The molecule has 0 bridgehead atoms. The summed E-state index contributed by atoms with van der Waals surface area (Å²) in [5, 5.41) is 14.9. The molecule has 0 aliphatic heterocycles. The molecule has 0 saturated heterocycles. The predicted molar refractivity (Wildman–Crippen MR) is 78.4 cm³/mol. The van der Waals surface area contributed by atoms with Gasteiger partial charge in [0.1, 0.15) is 0 Å². The number of nitrogens with one attached hydrogen (secondary N) is 2. The van der Waals surface area contributed by atoms with Crippen molar-refractivity contribution in [3.05, 3.63) is 33.8 Å². The van der Waals surface area contributed by atoms with Crippen molar-refractivity contribution in [2.45, 2.75) is 13.3 Å². The molecule has 0 spiro atoms. The van der Waals surface area contributed by atoms with E-state index in [0.717, 1.165) is 5.56 Å². The Bertz CT molecular complexity index is 495.